The van der Waals surface area contributed by atoms with Gasteiger partial charge in [-0.3, -0.25) is 4.99 Å². The highest BCUT2D eigenvalue weighted by molar-refractivity contribution is 8.13. The standard InChI is InChI=1S/C11H16N4S/c1-8-5-13-11(16-7-8)14-6-10-3-4-12-9(2)15-10/h3-4,8H,5-7H2,1-2H3,(H,13,14). The number of nitrogens with one attached hydrogen (secondary N) is 1. The van der Waals surface area contributed by atoms with Crippen LogP contribution in [-0.4, -0.2) is 27.4 Å². The van der Waals surface area contributed by atoms with Crippen LogP contribution in [0.1, 0.15) is 18.4 Å². The summed E-state index contributed by atoms with van der Waals surface area (Å²) in [5.41, 5.74) is 1.01. The molecule has 0 aliphatic carbocycles. The van der Waals surface area contributed by atoms with Gasteiger partial charge in [-0.2, -0.15) is 0 Å². The molecular formula is C11H16N4S. The molecule has 1 unspecified atom stereocenters. The lowest BCUT2D eigenvalue weighted by molar-refractivity contribution is 0.668. The molecule has 0 amide bonds. The highest BCUT2D eigenvalue weighted by Crippen LogP contribution is 2.15. The summed E-state index contributed by atoms with van der Waals surface area (Å²) >= 11 is 1.79. The summed E-state index contributed by atoms with van der Waals surface area (Å²) in [6.45, 7) is 5.78. The fourth-order valence-corrected chi connectivity index (χ4v) is 2.32. The van der Waals surface area contributed by atoms with Gasteiger partial charge in [-0.1, -0.05) is 18.7 Å². The molecule has 0 spiro atoms. The fraction of sp³-hybridized carbons (Fsp3) is 0.545. The van der Waals surface area contributed by atoms with Crippen LogP contribution in [0.3, 0.4) is 0 Å². The maximum absolute atomic E-state index is 4.47. The van der Waals surface area contributed by atoms with Crippen molar-refractivity contribution in [2.45, 2.75) is 20.4 Å². The minimum Gasteiger partial charge on any atom is -0.359 e. The van der Waals surface area contributed by atoms with E-state index in [-0.39, 0.29) is 0 Å². The molecule has 1 atom stereocenters. The Morgan fingerprint density at radius 2 is 2.44 bits per heavy atom. The Labute approximate surface area is 100.0 Å². The average Bonchev–Trinajstić information content (AvgIpc) is 2.28. The van der Waals surface area contributed by atoms with E-state index in [1.807, 2.05) is 13.0 Å². The minimum absolute atomic E-state index is 0.692. The van der Waals surface area contributed by atoms with Crippen LogP contribution in [0.2, 0.25) is 0 Å². The topological polar surface area (TPSA) is 50.2 Å². The van der Waals surface area contributed by atoms with Crippen molar-refractivity contribution >= 4 is 16.9 Å². The number of rotatable bonds is 2. The number of aliphatic imine (C=N–C) groups is 1. The summed E-state index contributed by atoms with van der Waals surface area (Å²) in [7, 11) is 0. The molecule has 0 bridgehead atoms. The van der Waals surface area contributed by atoms with Crippen molar-refractivity contribution in [2.75, 3.05) is 12.3 Å². The van der Waals surface area contributed by atoms with E-state index in [1.165, 1.54) is 0 Å². The van der Waals surface area contributed by atoms with Gasteiger partial charge in [0.05, 0.1) is 12.2 Å². The van der Waals surface area contributed by atoms with Crippen LogP contribution in [0.5, 0.6) is 0 Å². The average molecular weight is 236 g/mol. The molecule has 2 rings (SSSR count). The number of hydrogen-bond donors (Lipinski definition) is 1. The maximum atomic E-state index is 4.47. The zero-order valence-corrected chi connectivity index (χ0v) is 10.4. The largest absolute Gasteiger partial charge is 0.359 e. The normalized spacial score (nSPS) is 20.4. The van der Waals surface area contributed by atoms with Gasteiger partial charge in [0.2, 0.25) is 0 Å². The Morgan fingerprint density at radius 3 is 3.12 bits per heavy atom. The van der Waals surface area contributed by atoms with Gasteiger partial charge in [-0.25, -0.2) is 9.97 Å². The lowest BCUT2D eigenvalue weighted by Gasteiger charge is -2.17. The van der Waals surface area contributed by atoms with Crippen LogP contribution in [0, 0.1) is 12.8 Å². The number of hydrogen-bond acceptors (Lipinski definition) is 5. The summed E-state index contributed by atoms with van der Waals surface area (Å²) < 4.78 is 0. The highest BCUT2D eigenvalue weighted by Gasteiger charge is 2.11. The summed E-state index contributed by atoms with van der Waals surface area (Å²) in [6.07, 6.45) is 1.79. The predicted molar refractivity (Wildman–Crippen MR) is 67.5 cm³/mol. The smallest absolute Gasteiger partial charge is 0.156 e. The molecular weight excluding hydrogens is 220 g/mol. The Kier molecular flexibility index (Phi) is 3.77. The third kappa shape index (κ3) is 3.20. The molecule has 0 fully saturated rings. The highest BCUT2D eigenvalue weighted by atomic mass is 32.2. The van der Waals surface area contributed by atoms with E-state index in [0.29, 0.717) is 5.92 Å². The van der Waals surface area contributed by atoms with Crippen LogP contribution in [0.4, 0.5) is 0 Å². The van der Waals surface area contributed by atoms with E-state index in [0.717, 1.165) is 35.5 Å². The first-order valence-electron chi connectivity index (χ1n) is 5.43. The SMILES string of the molecule is Cc1nccc(CNC2=NCC(C)CS2)n1. The Bertz CT molecular complexity index is 391. The first kappa shape index (κ1) is 11.4. The van der Waals surface area contributed by atoms with E-state index >= 15 is 0 Å². The minimum atomic E-state index is 0.692. The Hall–Kier alpha value is -1.10. The van der Waals surface area contributed by atoms with Crippen molar-refractivity contribution in [3.05, 3.63) is 23.8 Å². The number of aryl methyl sites for hydroxylation is 1. The van der Waals surface area contributed by atoms with Crippen LogP contribution >= 0.6 is 11.8 Å². The van der Waals surface area contributed by atoms with E-state index in [9.17, 15) is 0 Å². The molecule has 1 N–H and O–H groups in total. The molecule has 0 aromatic carbocycles. The van der Waals surface area contributed by atoms with Gasteiger partial charge in [0.15, 0.2) is 5.17 Å². The lowest BCUT2D eigenvalue weighted by atomic mass is 10.2. The van der Waals surface area contributed by atoms with Crippen molar-refractivity contribution < 1.29 is 0 Å². The lowest BCUT2D eigenvalue weighted by Crippen LogP contribution is -2.26. The second-order valence-electron chi connectivity index (χ2n) is 4.01. The second kappa shape index (κ2) is 5.30. The second-order valence-corrected chi connectivity index (χ2v) is 5.02. The zero-order chi connectivity index (χ0) is 11.4. The van der Waals surface area contributed by atoms with Crippen molar-refractivity contribution in [3.63, 3.8) is 0 Å². The molecule has 2 heterocycles. The molecule has 1 aromatic heterocycles. The van der Waals surface area contributed by atoms with Crippen molar-refractivity contribution in [2.24, 2.45) is 10.9 Å². The van der Waals surface area contributed by atoms with Gasteiger partial charge in [0.1, 0.15) is 5.82 Å². The van der Waals surface area contributed by atoms with Crippen LogP contribution < -0.4 is 5.32 Å². The summed E-state index contributed by atoms with van der Waals surface area (Å²) in [5.74, 6) is 2.65. The Balaban J connectivity index is 1.88. The van der Waals surface area contributed by atoms with E-state index in [1.54, 1.807) is 18.0 Å². The first-order chi connectivity index (χ1) is 7.74. The van der Waals surface area contributed by atoms with E-state index in [4.69, 9.17) is 0 Å². The van der Waals surface area contributed by atoms with Crippen LogP contribution in [0.25, 0.3) is 0 Å². The quantitative estimate of drug-likeness (QED) is 0.847. The van der Waals surface area contributed by atoms with Gasteiger partial charge >= 0.3 is 0 Å². The summed E-state index contributed by atoms with van der Waals surface area (Å²) in [5, 5.41) is 4.34. The van der Waals surface area contributed by atoms with Gasteiger partial charge in [0, 0.05) is 18.5 Å². The number of nitrogens with zero attached hydrogens (tertiary/aromatic N) is 3. The first-order valence-corrected chi connectivity index (χ1v) is 6.42. The van der Waals surface area contributed by atoms with Gasteiger partial charge < -0.3 is 5.32 Å². The number of thioether (sulfide) groups is 1. The molecule has 4 nitrogen and oxygen atoms in total. The van der Waals surface area contributed by atoms with Crippen molar-refractivity contribution in [1.82, 2.24) is 15.3 Å². The molecule has 16 heavy (non-hydrogen) atoms. The molecule has 1 aliphatic rings. The molecule has 1 aromatic rings. The van der Waals surface area contributed by atoms with Crippen molar-refractivity contribution in [1.29, 1.82) is 0 Å². The maximum Gasteiger partial charge on any atom is 0.156 e. The molecule has 86 valence electrons. The molecule has 0 radical (unpaired) electrons. The summed E-state index contributed by atoms with van der Waals surface area (Å²) in [6, 6.07) is 1.93. The molecule has 5 heteroatoms. The van der Waals surface area contributed by atoms with Crippen molar-refractivity contribution in [3.8, 4) is 0 Å². The van der Waals surface area contributed by atoms with Gasteiger partial charge in [-0.15, -0.1) is 0 Å². The van der Waals surface area contributed by atoms with Crippen LogP contribution in [0.15, 0.2) is 17.3 Å². The summed E-state index contributed by atoms with van der Waals surface area (Å²) in [4.78, 5) is 12.9. The Morgan fingerprint density at radius 1 is 1.56 bits per heavy atom. The monoisotopic (exact) mass is 236 g/mol. The zero-order valence-electron chi connectivity index (χ0n) is 9.60. The van der Waals surface area contributed by atoms with E-state index in [2.05, 4.69) is 27.2 Å². The molecule has 0 saturated heterocycles. The van der Waals surface area contributed by atoms with Crippen LogP contribution in [-0.2, 0) is 6.54 Å². The number of amidine groups is 1. The molecule has 1 aliphatic heterocycles. The third-order valence-electron chi connectivity index (χ3n) is 2.31. The van der Waals surface area contributed by atoms with Gasteiger partial charge in [-0.05, 0) is 18.9 Å². The fourth-order valence-electron chi connectivity index (χ4n) is 1.43. The van der Waals surface area contributed by atoms with Gasteiger partial charge in [0.25, 0.3) is 0 Å². The number of aromatic nitrogens is 2. The molecule has 0 saturated carbocycles. The third-order valence-corrected chi connectivity index (χ3v) is 3.59. The van der Waals surface area contributed by atoms with E-state index < -0.39 is 0 Å². The predicted octanol–water partition coefficient (Wildman–Crippen LogP) is 1.61.